The zero-order chi connectivity index (χ0) is 15.8. The number of nitrogens with one attached hydrogen (secondary N) is 1. The molecule has 6 nitrogen and oxygen atoms in total. The van der Waals surface area contributed by atoms with Gasteiger partial charge in [-0.05, 0) is 38.6 Å². The number of rotatable bonds is 6. The molecule has 1 aliphatic heterocycles. The zero-order valence-electron chi connectivity index (χ0n) is 13.5. The van der Waals surface area contributed by atoms with Gasteiger partial charge in [0.1, 0.15) is 5.75 Å². The van der Waals surface area contributed by atoms with Crippen LogP contribution in [-0.4, -0.2) is 67.1 Å². The molecule has 2 rings (SSSR count). The smallest absolute Gasteiger partial charge is 0.233 e. The highest BCUT2D eigenvalue weighted by Gasteiger charge is 2.17. The van der Waals surface area contributed by atoms with Crippen molar-refractivity contribution in [2.45, 2.75) is 19.9 Å². The van der Waals surface area contributed by atoms with Crippen LogP contribution in [-0.2, 0) is 11.3 Å². The Bertz CT molecular complexity index is 464. The lowest BCUT2D eigenvalue weighted by Gasteiger charge is -2.21. The van der Waals surface area contributed by atoms with Gasteiger partial charge in [-0.1, -0.05) is 0 Å². The Labute approximate surface area is 132 Å². The fourth-order valence-electron chi connectivity index (χ4n) is 2.61. The Morgan fingerprint density at radius 1 is 1.27 bits per heavy atom. The number of hydrogen-bond donors (Lipinski definition) is 1. The molecule has 0 atom stereocenters. The monoisotopic (exact) mass is 306 g/mol. The van der Waals surface area contributed by atoms with Gasteiger partial charge in [-0.3, -0.25) is 19.6 Å². The number of ether oxygens (including phenoxy) is 1. The second-order valence-electron chi connectivity index (χ2n) is 5.50. The first kappa shape index (κ1) is 16.7. The molecule has 0 spiro atoms. The lowest BCUT2D eigenvalue weighted by atomic mass is 10.3. The van der Waals surface area contributed by atoms with Gasteiger partial charge in [0.05, 0.1) is 25.0 Å². The molecule has 1 amide bonds. The maximum absolute atomic E-state index is 11.5. The van der Waals surface area contributed by atoms with Crippen LogP contribution in [0.15, 0.2) is 18.3 Å². The summed E-state index contributed by atoms with van der Waals surface area (Å²) in [5, 5.41) is 2.68. The number of likely N-dealkylation sites (N-methyl/N-ethyl adjacent to an activating group) is 1. The van der Waals surface area contributed by atoms with Crippen molar-refractivity contribution in [1.82, 2.24) is 20.1 Å². The Morgan fingerprint density at radius 3 is 2.73 bits per heavy atom. The van der Waals surface area contributed by atoms with Crippen LogP contribution in [0.1, 0.15) is 19.0 Å². The predicted octanol–water partition coefficient (Wildman–Crippen LogP) is 0.734. The minimum atomic E-state index is 0.0848. The normalized spacial score (nSPS) is 17.0. The second-order valence-corrected chi connectivity index (χ2v) is 5.50. The van der Waals surface area contributed by atoms with Crippen LogP contribution < -0.4 is 10.1 Å². The van der Waals surface area contributed by atoms with E-state index in [-0.39, 0.29) is 5.91 Å². The van der Waals surface area contributed by atoms with Crippen LogP contribution >= 0.6 is 0 Å². The molecule has 0 radical (unpaired) electrons. The van der Waals surface area contributed by atoms with Crippen molar-refractivity contribution < 1.29 is 9.53 Å². The average Bonchev–Trinajstić information content (AvgIpc) is 2.75. The summed E-state index contributed by atoms with van der Waals surface area (Å²) in [7, 11) is 1.68. The summed E-state index contributed by atoms with van der Waals surface area (Å²) >= 11 is 0. The Balaban J connectivity index is 1.82. The van der Waals surface area contributed by atoms with Gasteiger partial charge in [0, 0.05) is 26.7 Å². The predicted molar refractivity (Wildman–Crippen MR) is 85.8 cm³/mol. The molecule has 1 aromatic rings. The number of aromatic nitrogens is 1. The second kappa shape index (κ2) is 8.70. The van der Waals surface area contributed by atoms with Gasteiger partial charge in [0.15, 0.2) is 0 Å². The third kappa shape index (κ3) is 5.27. The molecule has 0 aliphatic carbocycles. The number of hydrogen-bond acceptors (Lipinski definition) is 5. The maximum atomic E-state index is 11.5. The molecule has 0 bridgehead atoms. The molecule has 1 aromatic heterocycles. The number of carbonyl (C=O) groups excluding carboxylic acids is 1. The molecule has 6 heteroatoms. The van der Waals surface area contributed by atoms with E-state index in [4.69, 9.17) is 4.74 Å². The third-order valence-corrected chi connectivity index (χ3v) is 3.82. The molecule has 0 unspecified atom stereocenters. The molecular weight excluding hydrogens is 280 g/mol. The molecule has 1 saturated heterocycles. The highest BCUT2D eigenvalue weighted by Crippen LogP contribution is 2.12. The number of amides is 1. The average molecular weight is 306 g/mol. The molecule has 0 aromatic carbocycles. The highest BCUT2D eigenvalue weighted by molar-refractivity contribution is 5.77. The summed E-state index contributed by atoms with van der Waals surface area (Å²) in [6, 6.07) is 4.00. The van der Waals surface area contributed by atoms with Crippen LogP contribution in [0.5, 0.6) is 5.75 Å². The van der Waals surface area contributed by atoms with E-state index in [1.165, 1.54) is 0 Å². The summed E-state index contributed by atoms with van der Waals surface area (Å²) in [5.41, 5.74) is 1.06. The van der Waals surface area contributed by atoms with Gasteiger partial charge in [0.2, 0.25) is 5.91 Å². The molecule has 2 heterocycles. The summed E-state index contributed by atoms with van der Waals surface area (Å²) in [4.78, 5) is 20.5. The van der Waals surface area contributed by atoms with Crippen LogP contribution in [0.2, 0.25) is 0 Å². The SMILES string of the molecule is CCOc1ccc(CN2CCCN(CC(=O)NC)CC2)nc1. The van der Waals surface area contributed by atoms with E-state index >= 15 is 0 Å². The van der Waals surface area contributed by atoms with Crippen molar-refractivity contribution >= 4 is 5.91 Å². The van der Waals surface area contributed by atoms with Crippen molar-refractivity contribution in [2.24, 2.45) is 0 Å². The quantitative estimate of drug-likeness (QED) is 0.840. The molecule has 1 N–H and O–H groups in total. The summed E-state index contributed by atoms with van der Waals surface area (Å²) in [6.45, 7) is 7.87. The Hall–Kier alpha value is -1.66. The summed E-state index contributed by atoms with van der Waals surface area (Å²) < 4.78 is 5.41. The van der Waals surface area contributed by atoms with Crippen LogP contribution in [0.3, 0.4) is 0 Å². The van der Waals surface area contributed by atoms with Crippen molar-refractivity contribution in [3.8, 4) is 5.75 Å². The van der Waals surface area contributed by atoms with Crippen LogP contribution in [0.4, 0.5) is 0 Å². The standard InChI is InChI=1S/C16H26N4O2/c1-3-22-15-6-5-14(18-11-15)12-19-7-4-8-20(10-9-19)13-16(21)17-2/h5-6,11H,3-4,7-10,12-13H2,1-2H3,(H,17,21). The zero-order valence-corrected chi connectivity index (χ0v) is 13.5. The van der Waals surface area contributed by atoms with Gasteiger partial charge in [-0.25, -0.2) is 0 Å². The van der Waals surface area contributed by atoms with E-state index in [0.717, 1.165) is 50.6 Å². The number of nitrogens with zero attached hydrogens (tertiary/aromatic N) is 3. The van der Waals surface area contributed by atoms with E-state index < -0.39 is 0 Å². The molecule has 1 aliphatic rings. The lowest BCUT2D eigenvalue weighted by Crippen LogP contribution is -2.38. The molecule has 122 valence electrons. The van der Waals surface area contributed by atoms with Gasteiger partial charge in [-0.15, -0.1) is 0 Å². The fourth-order valence-corrected chi connectivity index (χ4v) is 2.61. The Kier molecular flexibility index (Phi) is 6.61. The highest BCUT2D eigenvalue weighted by atomic mass is 16.5. The number of carbonyl (C=O) groups is 1. The van der Waals surface area contributed by atoms with E-state index in [0.29, 0.717) is 13.2 Å². The summed E-state index contributed by atoms with van der Waals surface area (Å²) in [5.74, 6) is 0.903. The van der Waals surface area contributed by atoms with E-state index in [1.54, 1.807) is 13.2 Å². The van der Waals surface area contributed by atoms with Gasteiger partial charge >= 0.3 is 0 Å². The topological polar surface area (TPSA) is 57.7 Å². The first-order valence-electron chi connectivity index (χ1n) is 7.94. The maximum Gasteiger partial charge on any atom is 0.233 e. The van der Waals surface area contributed by atoms with Crippen molar-refractivity contribution in [2.75, 3.05) is 46.4 Å². The Morgan fingerprint density at radius 2 is 2.05 bits per heavy atom. The molecular formula is C16H26N4O2. The largest absolute Gasteiger partial charge is 0.492 e. The number of pyridine rings is 1. The van der Waals surface area contributed by atoms with Crippen molar-refractivity contribution in [3.63, 3.8) is 0 Å². The van der Waals surface area contributed by atoms with E-state index in [9.17, 15) is 4.79 Å². The van der Waals surface area contributed by atoms with Crippen LogP contribution in [0, 0.1) is 0 Å². The van der Waals surface area contributed by atoms with E-state index in [2.05, 4.69) is 20.1 Å². The van der Waals surface area contributed by atoms with Gasteiger partial charge in [-0.2, -0.15) is 0 Å². The first-order valence-corrected chi connectivity index (χ1v) is 7.94. The lowest BCUT2D eigenvalue weighted by molar-refractivity contribution is -0.121. The van der Waals surface area contributed by atoms with Gasteiger partial charge < -0.3 is 10.1 Å². The molecule has 1 fully saturated rings. The third-order valence-electron chi connectivity index (χ3n) is 3.82. The van der Waals surface area contributed by atoms with Gasteiger partial charge in [0.25, 0.3) is 0 Å². The summed E-state index contributed by atoms with van der Waals surface area (Å²) in [6.07, 6.45) is 2.86. The first-order chi connectivity index (χ1) is 10.7. The van der Waals surface area contributed by atoms with Crippen LogP contribution in [0.25, 0.3) is 0 Å². The molecule has 22 heavy (non-hydrogen) atoms. The fraction of sp³-hybridized carbons (Fsp3) is 0.625. The minimum absolute atomic E-state index is 0.0848. The van der Waals surface area contributed by atoms with Crippen molar-refractivity contribution in [1.29, 1.82) is 0 Å². The van der Waals surface area contributed by atoms with Crippen molar-refractivity contribution in [3.05, 3.63) is 24.0 Å². The molecule has 0 saturated carbocycles. The minimum Gasteiger partial charge on any atom is -0.492 e. The van der Waals surface area contributed by atoms with E-state index in [1.807, 2.05) is 19.1 Å².